The summed E-state index contributed by atoms with van der Waals surface area (Å²) in [6.45, 7) is 4.10. The highest BCUT2D eigenvalue weighted by atomic mass is 16.4. The second-order valence-electron chi connectivity index (χ2n) is 3.38. The van der Waals surface area contributed by atoms with Crippen LogP contribution >= 0.6 is 0 Å². The summed E-state index contributed by atoms with van der Waals surface area (Å²) in [5.74, 6) is -1.33. The molecule has 0 heterocycles. The van der Waals surface area contributed by atoms with E-state index in [-0.39, 0.29) is 12.5 Å². The molecule has 0 aromatic heterocycles. The molecule has 0 bridgehead atoms. The lowest BCUT2D eigenvalue weighted by Gasteiger charge is -2.11. The Morgan fingerprint density at radius 2 is 1.93 bits per heavy atom. The lowest BCUT2D eigenvalue weighted by Crippen LogP contribution is -2.32. The van der Waals surface area contributed by atoms with Crippen molar-refractivity contribution < 1.29 is 14.7 Å². The van der Waals surface area contributed by atoms with Crippen molar-refractivity contribution in [3.05, 3.63) is 0 Å². The van der Waals surface area contributed by atoms with E-state index >= 15 is 0 Å². The summed E-state index contributed by atoms with van der Waals surface area (Å²) < 4.78 is 0. The molecule has 82 valence electrons. The molecule has 1 atom stereocenters. The Hall–Kier alpha value is -1.06. The Bertz CT molecular complexity index is 192. The summed E-state index contributed by atoms with van der Waals surface area (Å²) >= 11 is 0. The Balaban J connectivity index is 3.81. The van der Waals surface area contributed by atoms with Crippen molar-refractivity contribution in [2.75, 3.05) is 6.54 Å². The van der Waals surface area contributed by atoms with Crippen molar-refractivity contribution in [1.82, 2.24) is 5.32 Å². The van der Waals surface area contributed by atoms with Crippen LogP contribution < -0.4 is 5.32 Å². The van der Waals surface area contributed by atoms with Crippen LogP contribution in [0.2, 0.25) is 0 Å². The quantitative estimate of drug-likeness (QED) is 0.654. The average molecular weight is 201 g/mol. The first kappa shape index (κ1) is 12.9. The summed E-state index contributed by atoms with van der Waals surface area (Å²) in [4.78, 5) is 21.8. The number of carboxylic acid groups (broad SMARTS) is 1. The Kier molecular flexibility index (Phi) is 6.80. The Labute approximate surface area is 84.7 Å². The number of carbonyl (C=O) groups excluding carboxylic acids is 1. The largest absolute Gasteiger partial charge is 0.481 e. The van der Waals surface area contributed by atoms with Crippen molar-refractivity contribution in [2.45, 2.75) is 39.5 Å². The van der Waals surface area contributed by atoms with Crippen molar-refractivity contribution >= 4 is 11.9 Å². The van der Waals surface area contributed by atoms with E-state index in [2.05, 4.69) is 5.32 Å². The van der Waals surface area contributed by atoms with E-state index in [9.17, 15) is 9.59 Å². The van der Waals surface area contributed by atoms with Crippen molar-refractivity contribution in [2.24, 2.45) is 5.92 Å². The van der Waals surface area contributed by atoms with Gasteiger partial charge in [0.2, 0.25) is 5.91 Å². The number of carboxylic acids is 1. The van der Waals surface area contributed by atoms with Crippen LogP contribution in [-0.2, 0) is 9.59 Å². The van der Waals surface area contributed by atoms with E-state index in [1.165, 1.54) is 0 Å². The molecule has 0 aliphatic rings. The zero-order valence-electron chi connectivity index (χ0n) is 8.88. The van der Waals surface area contributed by atoms with Gasteiger partial charge in [-0.2, -0.15) is 0 Å². The van der Waals surface area contributed by atoms with Crippen molar-refractivity contribution in [3.63, 3.8) is 0 Å². The lowest BCUT2D eigenvalue weighted by molar-refractivity contribution is -0.141. The fourth-order valence-corrected chi connectivity index (χ4v) is 1.21. The van der Waals surface area contributed by atoms with Crippen LogP contribution in [0.3, 0.4) is 0 Å². The third-order valence-corrected chi connectivity index (χ3v) is 2.01. The molecule has 4 heteroatoms. The van der Waals surface area contributed by atoms with Crippen molar-refractivity contribution in [3.8, 4) is 0 Å². The van der Waals surface area contributed by atoms with Gasteiger partial charge in [-0.3, -0.25) is 9.59 Å². The summed E-state index contributed by atoms with van der Waals surface area (Å²) in [6, 6.07) is 0. The fraction of sp³-hybridized carbons (Fsp3) is 0.800. The average Bonchev–Trinajstić information content (AvgIpc) is 2.12. The van der Waals surface area contributed by atoms with Gasteiger partial charge in [-0.05, 0) is 12.8 Å². The predicted molar refractivity (Wildman–Crippen MR) is 54.0 cm³/mol. The number of carbonyl (C=O) groups is 2. The maximum Gasteiger partial charge on any atom is 0.308 e. The third kappa shape index (κ3) is 5.56. The van der Waals surface area contributed by atoms with Crippen LogP contribution in [0.5, 0.6) is 0 Å². The van der Waals surface area contributed by atoms with Crippen LogP contribution in [0.15, 0.2) is 0 Å². The van der Waals surface area contributed by atoms with Gasteiger partial charge in [-0.1, -0.05) is 20.3 Å². The van der Waals surface area contributed by atoms with Crippen LogP contribution in [0.4, 0.5) is 0 Å². The van der Waals surface area contributed by atoms with Crippen LogP contribution in [-0.4, -0.2) is 23.5 Å². The normalized spacial score (nSPS) is 12.1. The monoisotopic (exact) mass is 201 g/mol. The molecule has 0 fully saturated rings. The maximum atomic E-state index is 11.1. The standard InChI is InChI=1S/C10H19NO3/c1-3-5-8(10(13)14)7-11-9(12)6-4-2/h8H,3-7H2,1-2H3,(H,11,12)(H,13,14). The number of amides is 1. The highest BCUT2D eigenvalue weighted by Gasteiger charge is 2.16. The molecular weight excluding hydrogens is 182 g/mol. The minimum atomic E-state index is -0.830. The minimum Gasteiger partial charge on any atom is -0.481 e. The molecule has 4 nitrogen and oxygen atoms in total. The molecule has 0 aliphatic carbocycles. The third-order valence-electron chi connectivity index (χ3n) is 2.01. The highest BCUT2D eigenvalue weighted by molar-refractivity contribution is 5.77. The first-order valence-corrected chi connectivity index (χ1v) is 5.11. The summed E-state index contributed by atoms with van der Waals surface area (Å²) in [7, 11) is 0. The molecule has 0 spiro atoms. The first-order valence-electron chi connectivity index (χ1n) is 5.11. The first-order chi connectivity index (χ1) is 6.61. The van der Waals surface area contributed by atoms with Gasteiger partial charge in [-0.15, -0.1) is 0 Å². The Morgan fingerprint density at radius 1 is 1.29 bits per heavy atom. The van der Waals surface area contributed by atoms with E-state index in [0.717, 1.165) is 12.8 Å². The zero-order chi connectivity index (χ0) is 11.0. The molecule has 0 saturated heterocycles. The number of aliphatic carboxylic acids is 1. The van der Waals surface area contributed by atoms with E-state index in [1.54, 1.807) is 0 Å². The second-order valence-corrected chi connectivity index (χ2v) is 3.38. The van der Waals surface area contributed by atoms with E-state index in [0.29, 0.717) is 12.8 Å². The molecule has 0 aliphatic heterocycles. The SMILES string of the molecule is CCCC(=O)NCC(CCC)C(=O)O. The number of hydrogen-bond acceptors (Lipinski definition) is 2. The maximum absolute atomic E-state index is 11.1. The van der Waals surface area contributed by atoms with Gasteiger partial charge in [0.1, 0.15) is 0 Å². The summed E-state index contributed by atoms with van der Waals surface area (Å²) in [5, 5.41) is 11.4. The van der Waals surface area contributed by atoms with E-state index < -0.39 is 11.9 Å². The molecule has 2 N–H and O–H groups in total. The highest BCUT2D eigenvalue weighted by Crippen LogP contribution is 2.05. The van der Waals surface area contributed by atoms with E-state index in [1.807, 2.05) is 13.8 Å². The van der Waals surface area contributed by atoms with Gasteiger partial charge in [0.15, 0.2) is 0 Å². The molecule has 0 aromatic carbocycles. The van der Waals surface area contributed by atoms with Gasteiger partial charge in [0, 0.05) is 13.0 Å². The number of rotatable bonds is 7. The van der Waals surface area contributed by atoms with Gasteiger partial charge in [0.25, 0.3) is 0 Å². The molecule has 0 aromatic rings. The second kappa shape index (κ2) is 7.35. The molecule has 0 radical (unpaired) electrons. The molecule has 1 amide bonds. The fourth-order valence-electron chi connectivity index (χ4n) is 1.21. The van der Waals surface area contributed by atoms with Crippen molar-refractivity contribution in [1.29, 1.82) is 0 Å². The summed E-state index contributed by atoms with van der Waals surface area (Å²) in [5.41, 5.74) is 0. The molecule has 1 unspecified atom stereocenters. The lowest BCUT2D eigenvalue weighted by atomic mass is 10.0. The molecule has 0 rings (SSSR count). The van der Waals surface area contributed by atoms with E-state index in [4.69, 9.17) is 5.11 Å². The topological polar surface area (TPSA) is 66.4 Å². The zero-order valence-corrected chi connectivity index (χ0v) is 8.88. The van der Waals surface area contributed by atoms with Crippen LogP contribution in [0, 0.1) is 5.92 Å². The smallest absolute Gasteiger partial charge is 0.308 e. The molecule has 14 heavy (non-hydrogen) atoms. The Morgan fingerprint density at radius 3 is 2.36 bits per heavy atom. The van der Waals surface area contributed by atoms with Crippen LogP contribution in [0.1, 0.15) is 39.5 Å². The minimum absolute atomic E-state index is 0.0603. The van der Waals surface area contributed by atoms with Crippen LogP contribution in [0.25, 0.3) is 0 Å². The van der Waals surface area contributed by atoms with Gasteiger partial charge in [-0.25, -0.2) is 0 Å². The van der Waals surface area contributed by atoms with Gasteiger partial charge in [0.05, 0.1) is 5.92 Å². The number of nitrogens with one attached hydrogen (secondary N) is 1. The number of hydrogen-bond donors (Lipinski definition) is 2. The molecular formula is C10H19NO3. The molecule has 0 saturated carbocycles. The van der Waals surface area contributed by atoms with Gasteiger partial charge >= 0.3 is 5.97 Å². The summed E-state index contributed by atoms with van der Waals surface area (Å²) in [6.07, 6.45) is 2.69. The van der Waals surface area contributed by atoms with Gasteiger partial charge < -0.3 is 10.4 Å². The predicted octanol–water partition coefficient (Wildman–Crippen LogP) is 1.40.